The number of piperidine rings is 1. The summed E-state index contributed by atoms with van der Waals surface area (Å²) in [6.45, 7) is 1.16. The standard InChI is InChI=1S/C25H25F3N6O2/c1-36-23-22(31-10-11-32-23)33-12-6-16(7-13-33)18-14-20-21(30-9-8-29-20)34(24(18)35)15-17-4-2-3-5-19(17)25(26,27)28/h2-5,8-11,14,16,24,35H,6-7,12-13,15H2,1H3. The molecule has 2 aliphatic heterocycles. The molecule has 5 rings (SSSR count). The molecule has 2 aromatic heterocycles. The van der Waals surface area contributed by atoms with E-state index < -0.39 is 18.0 Å². The molecule has 0 spiro atoms. The van der Waals surface area contributed by atoms with Crippen molar-refractivity contribution < 1.29 is 23.0 Å². The van der Waals surface area contributed by atoms with Gasteiger partial charge in [0.25, 0.3) is 5.88 Å². The van der Waals surface area contributed by atoms with E-state index >= 15 is 0 Å². The highest BCUT2D eigenvalue weighted by atomic mass is 19.4. The van der Waals surface area contributed by atoms with Crippen LogP contribution in [0.25, 0.3) is 6.08 Å². The summed E-state index contributed by atoms with van der Waals surface area (Å²) in [7, 11) is 1.55. The first-order valence-electron chi connectivity index (χ1n) is 11.6. The maximum absolute atomic E-state index is 13.7. The van der Waals surface area contributed by atoms with E-state index in [1.165, 1.54) is 29.4 Å². The highest BCUT2D eigenvalue weighted by Gasteiger charge is 2.37. The normalized spacial score (nSPS) is 18.6. The van der Waals surface area contributed by atoms with Gasteiger partial charge in [0.2, 0.25) is 0 Å². The molecular weight excluding hydrogens is 473 g/mol. The fraction of sp³-hybridized carbons (Fsp3) is 0.360. The molecule has 11 heteroatoms. The molecule has 36 heavy (non-hydrogen) atoms. The summed E-state index contributed by atoms with van der Waals surface area (Å²) in [4.78, 5) is 20.9. The fourth-order valence-electron chi connectivity index (χ4n) is 4.90. The molecule has 1 unspecified atom stereocenters. The van der Waals surface area contributed by atoms with Crippen LogP contribution in [0.4, 0.5) is 24.8 Å². The number of aliphatic hydroxyl groups excluding tert-OH is 1. The number of ether oxygens (including phenoxy) is 1. The number of alkyl halides is 3. The Morgan fingerprint density at radius 1 is 0.972 bits per heavy atom. The Kier molecular flexibility index (Phi) is 6.48. The van der Waals surface area contributed by atoms with E-state index in [9.17, 15) is 18.3 Å². The Bertz CT molecular complexity index is 1260. The Morgan fingerprint density at radius 2 is 1.64 bits per heavy atom. The van der Waals surface area contributed by atoms with E-state index in [0.29, 0.717) is 49.1 Å². The van der Waals surface area contributed by atoms with Crippen molar-refractivity contribution in [3.05, 3.63) is 71.4 Å². The maximum Gasteiger partial charge on any atom is 0.416 e. The van der Waals surface area contributed by atoms with Crippen LogP contribution in [0.1, 0.15) is 29.7 Å². The van der Waals surface area contributed by atoms with E-state index in [1.807, 2.05) is 6.08 Å². The molecule has 2 aliphatic rings. The van der Waals surface area contributed by atoms with Crippen molar-refractivity contribution in [2.45, 2.75) is 31.8 Å². The third-order valence-electron chi connectivity index (χ3n) is 6.64. The smallest absolute Gasteiger partial charge is 0.416 e. The molecule has 1 saturated heterocycles. The molecule has 0 saturated carbocycles. The van der Waals surface area contributed by atoms with Gasteiger partial charge in [-0.1, -0.05) is 18.2 Å². The van der Waals surface area contributed by atoms with Crippen LogP contribution in [0.3, 0.4) is 0 Å². The van der Waals surface area contributed by atoms with Crippen LogP contribution >= 0.6 is 0 Å². The third-order valence-corrected chi connectivity index (χ3v) is 6.64. The summed E-state index contributed by atoms with van der Waals surface area (Å²) < 4.78 is 46.3. The lowest BCUT2D eigenvalue weighted by molar-refractivity contribution is -0.138. The molecule has 1 atom stereocenters. The lowest BCUT2D eigenvalue weighted by Gasteiger charge is -2.40. The van der Waals surface area contributed by atoms with Gasteiger partial charge in [0.05, 0.1) is 12.7 Å². The molecule has 0 aliphatic carbocycles. The topological polar surface area (TPSA) is 87.5 Å². The lowest BCUT2D eigenvalue weighted by atomic mass is 9.85. The number of rotatable bonds is 5. The summed E-state index contributed by atoms with van der Waals surface area (Å²) in [6, 6.07) is 5.40. The Labute approximate surface area is 206 Å². The first-order valence-corrected chi connectivity index (χ1v) is 11.6. The summed E-state index contributed by atoms with van der Waals surface area (Å²) in [5.74, 6) is 1.48. The Morgan fingerprint density at radius 3 is 2.36 bits per heavy atom. The Hall–Kier alpha value is -3.73. The van der Waals surface area contributed by atoms with E-state index in [4.69, 9.17) is 4.74 Å². The van der Waals surface area contributed by atoms with E-state index in [-0.39, 0.29) is 18.0 Å². The largest absolute Gasteiger partial charge is 0.478 e. The number of nitrogens with zero attached hydrogens (tertiary/aromatic N) is 6. The molecule has 4 heterocycles. The minimum absolute atomic E-state index is 0.00873. The van der Waals surface area contributed by atoms with E-state index in [0.717, 1.165) is 11.6 Å². The van der Waals surface area contributed by atoms with Crippen LogP contribution in [0.15, 0.2) is 54.6 Å². The molecule has 1 aromatic carbocycles. The van der Waals surface area contributed by atoms with Crippen molar-refractivity contribution in [2.75, 3.05) is 30.0 Å². The predicted molar refractivity (Wildman–Crippen MR) is 127 cm³/mol. The highest BCUT2D eigenvalue weighted by molar-refractivity contribution is 5.69. The van der Waals surface area contributed by atoms with Gasteiger partial charge in [0.15, 0.2) is 17.9 Å². The molecule has 0 radical (unpaired) electrons. The van der Waals surface area contributed by atoms with Gasteiger partial charge in [-0.3, -0.25) is 4.98 Å². The summed E-state index contributed by atoms with van der Waals surface area (Å²) in [5, 5.41) is 11.4. The van der Waals surface area contributed by atoms with Crippen LogP contribution in [-0.4, -0.2) is 51.5 Å². The molecular formula is C25H25F3N6O2. The molecule has 8 nitrogen and oxygen atoms in total. The van der Waals surface area contributed by atoms with Gasteiger partial charge in [0.1, 0.15) is 5.69 Å². The second-order valence-corrected chi connectivity index (χ2v) is 8.72. The van der Waals surface area contributed by atoms with Crippen LogP contribution in [0, 0.1) is 5.92 Å². The van der Waals surface area contributed by atoms with Crippen molar-refractivity contribution in [3.8, 4) is 5.88 Å². The summed E-state index contributed by atoms with van der Waals surface area (Å²) >= 11 is 0. The number of methoxy groups -OCH3 is 1. The third kappa shape index (κ3) is 4.58. The van der Waals surface area contributed by atoms with Crippen LogP contribution in [-0.2, 0) is 12.7 Å². The van der Waals surface area contributed by atoms with Crippen molar-refractivity contribution in [3.63, 3.8) is 0 Å². The highest BCUT2D eigenvalue weighted by Crippen LogP contribution is 2.39. The van der Waals surface area contributed by atoms with E-state index in [2.05, 4.69) is 24.8 Å². The van der Waals surface area contributed by atoms with Gasteiger partial charge >= 0.3 is 6.18 Å². The zero-order chi connectivity index (χ0) is 25.3. The van der Waals surface area contributed by atoms with Crippen LogP contribution in [0.2, 0.25) is 0 Å². The van der Waals surface area contributed by atoms with Crippen LogP contribution in [0.5, 0.6) is 5.88 Å². The number of anilines is 2. The second kappa shape index (κ2) is 9.73. The number of benzene rings is 1. The SMILES string of the molecule is COc1nccnc1N1CCC(C2=Cc3nccnc3N(Cc3ccccc3C(F)(F)F)C2O)CC1. The zero-order valence-electron chi connectivity index (χ0n) is 19.6. The van der Waals surface area contributed by atoms with Gasteiger partial charge in [0, 0.05) is 44.4 Å². The average Bonchev–Trinajstić information content (AvgIpc) is 2.90. The number of hydrogen-bond donors (Lipinski definition) is 1. The van der Waals surface area contributed by atoms with E-state index in [1.54, 1.807) is 25.6 Å². The second-order valence-electron chi connectivity index (χ2n) is 8.72. The minimum atomic E-state index is -4.50. The van der Waals surface area contributed by atoms with Crippen molar-refractivity contribution in [1.82, 2.24) is 19.9 Å². The average molecular weight is 499 g/mol. The van der Waals surface area contributed by atoms with Gasteiger partial charge in [-0.25, -0.2) is 15.0 Å². The maximum atomic E-state index is 13.7. The number of halogens is 3. The molecule has 188 valence electrons. The van der Waals surface area contributed by atoms with Gasteiger partial charge in [-0.15, -0.1) is 0 Å². The summed E-state index contributed by atoms with van der Waals surface area (Å²) in [5.41, 5.74) is 0.579. The molecule has 3 aromatic rings. The zero-order valence-corrected chi connectivity index (χ0v) is 19.6. The van der Waals surface area contributed by atoms with Crippen molar-refractivity contribution >= 4 is 17.7 Å². The summed E-state index contributed by atoms with van der Waals surface area (Å²) in [6.07, 6.45) is 3.81. The lowest BCUT2D eigenvalue weighted by Crippen LogP contribution is -2.44. The quantitative estimate of drug-likeness (QED) is 0.566. The minimum Gasteiger partial charge on any atom is -0.478 e. The van der Waals surface area contributed by atoms with Crippen LogP contribution < -0.4 is 14.5 Å². The Balaban J connectivity index is 1.40. The van der Waals surface area contributed by atoms with Gasteiger partial charge in [-0.2, -0.15) is 13.2 Å². The monoisotopic (exact) mass is 498 g/mol. The number of hydrogen-bond acceptors (Lipinski definition) is 8. The molecule has 1 fully saturated rings. The van der Waals surface area contributed by atoms with Gasteiger partial charge in [-0.05, 0) is 42.0 Å². The first-order chi connectivity index (χ1) is 17.4. The van der Waals surface area contributed by atoms with Crippen molar-refractivity contribution in [2.24, 2.45) is 5.92 Å². The number of aromatic nitrogens is 4. The number of aliphatic hydroxyl groups is 1. The molecule has 0 amide bonds. The van der Waals surface area contributed by atoms with Crippen molar-refractivity contribution in [1.29, 1.82) is 0 Å². The molecule has 1 N–H and O–H groups in total. The predicted octanol–water partition coefficient (Wildman–Crippen LogP) is 3.93. The first kappa shape index (κ1) is 24.0. The van der Waals surface area contributed by atoms with Gasteiger partial charge < -0.3 is 19.6 Å². The number of fused-ring (bicyclic) bond motifs is 1. The molecule has 0 bridgehead atoms. The fourth-order valence-corrected chi connectivity index (χ4v) is 4.90.